The number of amides is 1. The number of halogens is 3. The van der Waals surface area contributed by atoms with Crippen LogP contribution in [0.3, 0.4) is 0 Å². The van der Waals surface area contributed by atoms with Crippen LogP contribution >= 0.6 is 0 Å². The SMILES string of the molecule is CC(NC(=O)C=Cc1ccc(O)cc1)(C(=O)O)C(F)(F)F. The highest BCUT2D eigenvalue weighted by Crippen LogP contribution is 2.30. The van der Waals surface area contributed by atoms with Crippen molar-refractivity contribution in [3.8, 4) is 5.75 Å². The molecule has 1 rings (SSSR count). The van der Waals surface area contributed by atoms with Gasteiger partial charge in [-0.15, -0.1) is 0 Å². The van der Waals surface area contributed by atoms with E-state index in [-0.39, 0.29) is 5.75 Å². The first-order valence-electron chi connectivity index (χ1n) is 5.65. The number of carbonyl (C=O) groups is 2. The van der Waals surface area contributed by atoms with Crippen LogP contribution < -0.4 is 5.32 Å². The van der Waals surface area contributed by atoms with Crippen molar-refractivity contribution < 1.29 is 33.0 Å². The molecule has 21 heavy (non-hydrogen) atoms. The third-order valence-electron chi connectivity index (χ3n) is 2.69. The van der Waals surface area contributed by atoms with Crippen molar-refractivity contribution in [2.45, 2.75) is 18.6 Å². The van der Waals surface area contributed by atoms with E-state index in [4.69, 9.17) is 10.2 Å². The summed E-state index contributed by atoms with van der Waals surface area (Å²) in [6.07, 6.45) is -3.17. The van der Waals surface area contributed by atoms with Gasteiger partial charge < -0.3 is 15.5 Å². The maximum absolute atomic E-state index is 12.7. The lowest BCUT2D eigenvalue weighted by Crippen LogP contribution is -2.61. The van der Waals surface area contributed by atoms with Crippen molar-refractivity contribution >= 4 is 18.0 Å². The predicted octanol–water partition coefficient (Wildman–Crippen LogP) is 1.93. The van der Waals surface area contributed by atoms with Crippen LogP contribution in [0.15, 0.2) is 30.3 Å². The number of carbonyl (C=O) groups excluding carboxylic acids is 1. The Labute approximate surface area is 117 Å². The molecular weight excluding hydrogens is 291 g/mol. The molecule has 0 heterocycles. The zero-order valence-electron chi connectivity index (χ0n) is 10.8. The van der Waals surface area contributed by atoms with Gasteiger partial charge in [0.1, 0.15) is 5.75 Å². The van der Waals surface area contributed by atoms with E-state index in [0.29, 0.717) is 12.5 Å². The summed E-state index contributed by atoms with van der Waals surface area (Å²) in [5.74, 6) is -3.42. The Morgan fingerprint density at radius 2 is 1.71 bits per heavy atom. The van der Waals surface area contributed by atoms with Crippen molar-refractivity contribution in [1.82, 2.24) is 5.32 Å². The van der Waals surface area contributed by atoms with Crippen LogP contribution in [0.1, 0.15) is 12.5 Å². The molecule has 0 aromatic heterocycles. The summed E-state index contributed by atoms with van der Waals surface area (Å²) < 4.78 is 38.0. The molecule has 1 aromatic carbocycles. The molecule has 0 saturated carbocycles. The van der Waals surface area contributed by atoms with Gasteiger partial charge >= 0.3 is 12.1 Å². The molecule has 5 nitrogen and oxygen atoms in total. The minimum absolute atomic E-state index is 0.00729. The van der Waals surface area contributed by atoms with Crippen LogP contribution in [-0.4, -0.2) is 33.8 Å². The maximum atomic E-state index is 12.7. The van der Waals surface area contributed by atoms with Gasteiger partial charge in [-0.3, -0.25) is 4.79 Å². The average molecular weight is 303 g/mol. The van der Waals surface area contributed by atoms with E-state index >= 15 is 0 Å². The van der Waals surface area contributed by atoms with Crippen LogP contribution in [0, 0.1) is 0 Å². The number of phenolic OH excluding ortho intramolecular Hbond substituents is 1. The third kappa shape index (κ3) is 3.98. The number of nitrogens with one attached hydrogen (secondary N) is 1. The highest BCUT2D eigenvalue weighted by atomic mass is 19.4. The van der Waals surface area contributed by atoms with Crippen molar-refractivity contribution in [3.05, 3.63) is 35.9 Å². The molecule has 0 aliphatic rings. The molecule has 3 N–H and O–H groups in total. The monoisotopic (exact) mass is 303 g/mol. The standard InChI is InChI=1S/C13H12F3NO4/c1-12(11(20)21,13(14,15)16)17-10(19)7-4-8-2-5-9(18)6-3-8/h2-7,18H,1H3,(H,17,19)(H,20,21). The Kier molecular flexibility index (Phi) is 4.62. The number of aromatic hydroxyl groups is 1. The Morgan fingerprint density at radius 1 is 1.19 bits per heavy atom. The molecule has 1 unspecified atom stereocenters. The van der Waals surface area contributed by atoms with Crippen LogP contribution in [-0.2, 0) is 9.59 Å². The second-order valence-electron chi connectivity index (χ2n) is 4.34. The average Bonchev–Trinajstić information content (AvgIpc) is 2.36. The fourth-order valence-electron chi connectivity index (χ4n) is 1.29. The van der Waals surface area contributed by atoms with Gasteiger partial charge in [0.15, 0.2) is 0 Å². The molecule has 0 bridgehead atoms. The van der Waals surface area contributed by atoms with Crippen LogP contribution in [0.5, 0.6) is 5.75 Å². The summed E-state index contributed by atoms with van der Waals surface area (Å²) in [5, 5.41) is 19.1. The number of carboxylic acid groups (broad SMARTS) is 1. The van der Waals surface area contributed by atoms with Gasteiger partial charge in [0, 0.05) is 6.08 Å². The molecule has 1 atom stereocenters. The smallest absolute Gasteiger partial charge is 0.422 e. The molecule has 0 spiro atoms. The number of hydrogen-bond donors (Lipinski definition) is 3. The number of aliphatic carboxylic acids is 1. The van der Waals surface area contributed by atoms with Crippen molar-refractivity contribution in [2.75, 3.05) is 0 Å². The molecule has 1 amide bonds. The molecule has 8 heteroatoms. The second kappa shape index (κ2) is 5.86. The minimum atomic E-state index is -5.14. The van der Waals surface area contributed by atoms with E-state index in [2.05, 4.69) is 0 Å². The van der Waals surface area contributed by atoms with Crippen LogP contribution in [0.4, 0.5) is 13.2 Å². The first-order chi connectivity index (χ1) is 9.56. The van der Waals surface area contributed by atoms with E-state index in [9.17, 15) is 22.8 Å². The molecule has 114 valence electrons. The Balaban J connectivity index is 2.85. The first-order valence-corrected chi connectivity index (χ1v) is 5.65. The molecule has 0 fully saturated rings. The topological polar surface area (TPSA) is 86.6 Å². The number of rotatable bonds is 4. The fraction of sp³-hybridized carbons (Fsp3) is 0.231. The number of phenols is 1. The summed E-state index contributed by atoms with van der Waals surface area (Å²) in [7, 11) is 0. The number of benzene rings is 1. The van der Waals surface area contributed by atoms with Gasteiger partial charge in [0.2, 0.25) is 11.4 Å². The lowest BCUT2D eigenvalue weighted by Gasteiger charge is -2.27. The van der Waals surface area contributed by atoms with Gasteiger partial charge in [-0.1, -0.05) is 12.1 Å². The number of carboxylic acids is 1. The summed E-state index contributed by atoms with van der Waals surface area (Å²) >= 11 is 0. The number of alkyl halides is 3. The molecular formula is C13H12F3NO4. The van der Waals surface area contributed by atoms with Crippen molar-refractivity contribution in [2.24, 2.45) is 0 Å². The van der Waals surface area contributed by atoms with Crippen LogP contribution in [0.25, 0.3) is 6.08 Å². The summed E-state index contributed by atoms with van der Waals surface area (Å²) in [6.45, 7) is 0.363. The van der Waals surface area contributed by atoms with Gasteiger partial charge in [-0.25, -0.2) is 4.79 Å². The van der Waals surface area contributed by atoms with Gasteiger partial charge in [0.25, 0.3) is 0 Å². The Hall–Kier alpha value is -2.51. The zero-order chi connectivity index (χ0) is 16.3. The molecule has 0 saturated heterocycles. The molecule has 1 aromatic rings. The summed E-state index contributed by atoms with van der Waals surface area (Å²) in [5.41, 5.74) is -2.92. The largest absolute Gasteiger partial charge is 0.508 e. The molecule has 0 radical (unpaired) electrons. The highest BCUT2D eigenvalue weighted by Gasteiger charge is 2.58. The van der Waals surface area contributed by atoms with Crippen LogP contribution in [0.2, 0.25) is 0 Å². The van der Waals surface area contributed by atoms with E-state index < -0.39 is 23.6 Å². The zero-order valence-corrected chi connectivity index (χ0v) is 10.8. The highest BCUT2D eigenvalue weighted by molar-refractivity contribution is 5.96. The summed E-state index contributed by atoms with van der Waals surface area (Å²) in [4.78, 5) is 22.2. The van der Waals surface area contributed by atoms with Gasteiger partial charge in [-0.2, -0.15) is 13.2 Å². The van der Waals surface area contributed by atoms with E-state index in [1.165, 1.54) is 35.7 Å². The van der Waals surface area contributed by atoms with E-state index in [1.54, 1.807) is 0 Å². The van der Waals surface area contributed by atoms with E-state index in [0.717, 1.165) is 6.08 Å². The predicted molar refractivity (Wildman–Crippen MR) is 67.4 cm³/mol. The quantitative estimate of drug-likeness (QED) is 0.742. The summed E-state index contributed by atoms with van der Waals surface area (Å²) in [6, 6.07) is 5.52. The fourth-order valence-corrected chi connectivity index (χ4v) is 1.29. The maximum Gasteiger partial charge on any atom is 0.422 e. The lowest BCUT2D eigenvalue weighted by molar-refractivity contribution is -0.206. The van der Waals surface area contributed by atoms with Crippen molar-refractivity contribution in [3.63, 3.8) is 0 Å². The number of hydrogen-bond acceptors (Lipinski definition) is 3. The second-order valence-corrected chi connectivity index (χ2v) is 4.34. The van der Waals surface area contributed by atoms with E-state index in [1.807, 2.05) is 0 Å². The third-order valence-corrected chi connectivity index (χ3v) is 2.69. The van der Waals surface area contributed by atoms with Gasteiger partial charge in [0.05, 0.1) is 0 Å². The lowest BCUT2D eigenvalue weighted by atomic mass is 10.0. The minimum Gasteiger partial charge on any atom is -0.508 e. The Bertz CT molecular complexity index is 566. The molecule has 0 aliphatic heterocycles. The normalized spacial score (nSPS) is 14.7. The van der Waals surface area contributed by atoms with Crippen molar-refractivity contribution in [1.29, 1.82) is 0 Å². The van der Waals surface area contributed by atoms with Gasteiger partial charge in [-0.05, 0) is 30.7 Å². The Morgan fingerprint density at radius 3 is 2.14 bits per heavy atom. The molecule has 0 aliphatic carbocycles. The first kappa shape index (κ1) is 16.5.